The van der Waals surface area contributed by atoms with Gasteiger partial charge in [-0.15, -0.1) is 0 Å². The lowest BCUT2D eigenvalue weighted by molar-refractivity contribution is 0.0785. The zero-order chi connectivity index (χ0) is 21.0. The molecule has 3 aromatic rings. The Kier molecular flexibility index (Phi) is 6.03. The Hall–Kier alpha value is -3.12. The molecule has 0 unspecified atom stereocenters. The molecule has 3 rings (SSSR count). The second kappa shape index (κ2) is 8.49. The summed E-state index contributed by atoms with van der Waals surface area (Å²) >= 11 is 0. The highest BCUT2D eigenvalue weighted by Crippen LogP contribution is 2.22. The first-order valence-electron chi connectivity index (χ1n) is 9.26. The number of carbonyl (C=O) groups is 1. The van der Waals surface area contributed by atoms with Gasteiger partial charge < -0.3 is 4.90 Å². The molecule has 150 valence electrons. The molecule has 0 atom stereocenters. The zero-order valence-corrected chi connectivity index (χ0v) is 17.5. The Morgan fingerprint density at radius 2 is 1.66 bits per heavy atom. The highest BCUT2D eigenvalue weighted by Gasteiger charge is 2.17. The number of benzene rings is 3. The summed E-state index contributed by atoms with van der Waals surface area (Å²) in [5.74, 6) is -0.118. The van der Waals surface area contributed by atoms with Crippen LogP contribution in [0.1, 0.15) is 27.0 Å². The third kappa shape index (κ3) is 5.03. The summed E-state index contributed by atoms with van der Waals surface area (Å²) in [6.07, 6.45) is 0. The summed E-state index contributed by atoms with van der Waals surface area (Å²) in [7, 11) is -1.92. The maximum Gasteiger partial charge on any atom is 0.261 e. The van der Waals surface area contributed by atoms with Crippen LogP contribution in [0.15, 0.2) is 77.7 Å². The summed E-state index contributed by atoms with van der Waals surface area (Å²) < 4.78 is 27.6. The van der Waals surface area contributed by atoms with Crippen LogP contribution < -0.4 is 4.72 Å². The van der Waals surface area contributed by atoms with E-state index >= 15 is 0 Å². The third-order valence-electron chi connectivity index (χ3n) is 4.62. The number of hydrogen-bond donors (Lipinski definition) is 1. The molecular weight excluding hydrogens is 384 g/mol. The Bertz CT molecular complexity index is 1130. The molecule has 0 radical (unpaired) electrons. The van der Waals surface area contributed by atoms with Gasteiger partial charge in [0, 0.05) is 19.2 Å². The molecular formula is C23H24N2O3S. The number of nitrogens with one attached hydrogen (secondary N) is 1. The molecule has 0 aliphatic carbocycles. The Morgan fingerprint density at radius 3 is 2.31 bits per heavy atom. The van der Waals surface area contributed by atoms with Gasteiger partial charge in [-0.1, -0.05) is 48.0 Å². The van der Waals surface area contributed by atoms with E-state index in [0.717, 1.165) is 11.1 Å². The monoisotopic (exact) mass is 408 g/mol. The minimum Gasteiger partial charge on any atom is -0.337 e. The first kappa shape index (κ1) is 20.6. The van der Waals surface area contributed by atoms with Gasteiger partial charge in [0.15, 0.2) is 0 Å². The number of rotatable bonds is 6. The average Bonchev–Trinajstić information content (AvgIpc) is 2.69. The van der Waals surface area contributed by atoms with Gasteiger partial charge in [-0.2, -0.15) is 0 Å². The molecule has 0 saturated heterocycles. The lowest BCUT2D eigenvalue weighted by atomic mass is 10.1. The standard InChI is InChI=1S/C23H24N2O3S/c1-17-8-7-9-19(14-17)16-25(3)23(26)20-12-13-22(18(2)15-20)24-29(27,28)21-10-5-4-6-11-21/h4-15,24H,16H2,1-3H3. The van der Waals surface area contributed by atoms with Gasteiger partial charge in [-0.3, -0.25) is 9.52 Å². The lowest BCUT2D eigenvalue weighted by Gasteiger charge is -2.19. The van der Waals surface area contributed by atoms with E-state index in [1.807, 2.05) is 25.1 Å². The van der Waals surface area contributed by atoms with Crippen LogP contribution in [-0.2, 0) is 16.6 Å². The maximum absolute atomic E-state index is 12.8. The molecule has 0 bridgehead atoms. The molecule has 0 aromatic heterocycles. The van der Waals surface area contributed by atoms with Crippen LogP contribution in [0.5, 0.6) is 0 Å². The fraction of sp³-hybridized carbons (Fsp3) is 0.174. The van der Waals surface area contributed by atoms with Crippen LogP contribution in [0.3, 0.4) is 0 Å². The van der Waals surface area contributed by atoms with Crippen molar-refractivity contribution in [3.05, 3.63) is 95.1 Å². The van der Waals surface area contributed by atoms with Crippen LogP contribution in [0.25, 0.3) is 0 Å². The second-order valence-corrected chi connectivity index (χ2v) is 8.78. The number of sulfonamides is 1. The van der Waals surface area contributed by atoms with E-state index in [1.165, 1.54) is 12.1 Å². The van der Waals surface area contributed by atoms with Gasteiger partial charge in [0.2, 0.25) is 0 Å². The van der Waals surface area contributed by atoms with Crippen molar-refractivity contribution < 1.29 is 13.2 Å². The van der Waals surface area contributed by atoms with Crippen molar-refractivity contribution in [1.29, 1.82) is 0 Å². The number of aryl methyl sites for hydroxylation is 2. The van der Waals surface area contributed by atoms with E-state index < -0.39 is 10.0 Å². The smallest absolute Gasteiger partial charge is 0.261 e. The van der Waals surface area contributed by atoms with Crippen molar-refractivity contribution >= 4 is 21.6 Å². The Labute approximate surface area is 172 Å². The van der Waals surface area contributed by atoms with E-state index in [9.17, 15) is 13.2 Å². The minimum absolute atomic E-state index is 0.118. The molecule has 0 aliphatic heterocycles. The van der Waals surface area contributed by atoms with Crippen LogP contribution in [0.2, 0.25) is 0 Å². The molecule has 0 fully saturated rings. The molecule has 1 N–H and O–H groups in total. The van der Waals surface area contributed by atoms with Crippen molar-refractivity contribution in [2.45, 2.75) is 25.3 Å². The van der Waals surface area contributed by atoms with E-state index in [4.69, 9.17) is 0 Å². The van der Waals surface area contributed by atoms with Gasteiger partial charge >= 0.3 is 0 Å². The fourth-order valence-corrected chi connectivity index (χ4v) is 4.24. The van der Waals surface area contributed by atoms with Crippen LogP contribution in [-0.4, -0.2) is 26.3 Å². The SMILES string of the molecule is Cc1cccc(CN(C)C(=O)c2ccc(NS(=O)(=O)c3ccccc3)c(C)c2)c1. The summed E-state index contributed by atoms with van der Waals surface area (Å²) in [5.41, 5.74) is 3.85. The molecule has 1 amide bonds. The van der Waals surface area contributed by atoms with Crippen molar-refractivity contribution in [1.82, 2.24) is 4.90 Å². The highest BCUT2D eigenvalue weighted by atomic mass is 32.2. The minimum atomic E-state index is -3.68. The summed E-state index contributed by atoms with van der Waals surface area (Å²) in [4.78, 5) is 14.6. The molecule has 0 aliphatic rings. The highest BCUT2D eigenvalue weighted by molar-refractivity contribution is 7.92. The first-order chi connectivity index (χ1) is 13.8. The second-order valence-electron chi connectivity index (χ2n) is 7.10. The fourth-order valence-electron chi connectivity index (χ4n) is 3.09. The molecule has 3 aromatic carbocycles. The first-order valence-corrected chi connectivity index (χ1v) is 10.7. The van der Waals surface area contributed by atoms with Gasteiger partial charge in [-0.25, -0.2) is 8.42 Å². The summed E-state index contributed by atoms with van der Waals surface area (Å²) in [6, 6.07) is 21.2. The predicted molar refractivity (Wildman–Crippen MR) is 115 cm³/mol. The Morgan fingerprint density at radius 1 is 0.931 bits per heavy atom. The van der Waals surface area contributed by atoms with Crippen molar-refractivity contribution in [3.8, 4) is 0 Å². The molecule has 5 nitrogen and oxygen atoms in total. The molecule has 0 spiro atoms. The number of carbonyl (C=O) groups excluding carboxylic acids is 1. The largest absolute Gasteiger partial charge is 0.337 e. The van der Waals surface area contributed by atoms with Gasteiger partial charge in [0.05, 0.1) is 10.6 Å². The number of nitrogens with zero attached hydrogens (tertiary/aromatic N) is 1. The van der Waals surface area contributed by atoms with E-state index in [1.54, 1.807) is 55.3 Å². The van der Waals surface area contributed by atoms with Gasteiger partial charge in [-0.05, 0) is 55.3 Å². The van der Waals surface area contributed by atoms with E-state index in [-0.39, 0.29) is 10.8 Å². The number of hydrogen-bond acceptors (Lipinski definition) is 3. The Balaban J connectivity index is 1.75. The van der Waals surface area contributed by atoms with Crippen LogP contribution in [0, 0.1) is 13.8 Å². The van der Waals surface area contributed by atoms with E-state index in [2.05, 4.69) is 10.8 Å². The molecule has 0 heterocycles. The summed E-state index contributed by atoms with van der Waals surface area (Å²) in [5, 5.41) is 0. The van der Waals surface area contributed by atoms with Crippen LogP contribution >= 0.6 is 0 Å². The molecule has 29 heavy (non-hydrogen) atoms. The lowest BCUT2D eigenvalue weighted by Crippen LogP contribution is -2.26. The van der Waals surface area contributed by atoms with Gasteiger partial charge in [0.1, 0.15) is 0 Å². The predicted octanol–water partition coefficient (Wildman–Crippen LogP) is 4.38. The average molecular weight is 409 g/mol. The number of anilines is 1. The van der Waals surface area contributed by atoms with E-state index in [0.29, 0.717) is 23.4 Å². The molecule has 6 heteroatoms. The third-order valence-corrected chi connectivity index (χ3v) is 6.00. The van der Waals surface area contributed by atoms with Crippen molar-refractivity contribution in [3.63, 3.8) is 0 Å². The van der Waals surface area contributed by atoms with Crippen molar-refractivity contribution in [2.75, 3.05) is 11.8 Å². The van der Waals surface area contributed by atoms with Crippen LogP contribution in [0.4, 0.5) is 5.69 Å². The van der Waals surface area contributed by atoms with Crippen molar-refractivity contribution in [2.24, 2.45) is 0 Å². The normalized spacial score (nSPS) is 11.1. The molecule has 0 saturated carbocycles. The number of amides is 1. The zero-order valence-electron chi connectivity index (χ0n) is 16.7. The summed E-state index contributed by atoms with van der Waals surface area (Å²) in [6.45, 7) is 4.30. The topological polar surface area (TPSA) is 66.5 Å². The quantitative estimate of drug-likeness (QED) is 0.658. The van der Waals surface area contributed by atoms with Gasteiger partial charge in [0.25, 0.3) is 15.9 Å². The maximum atomic E-state index is 12.8.